The molecule has 11 heteroatoms. The third kappa shape index (κ3) is 5.67. The van der Waals surface area contributed by atoms with Crippen molar-refractivity contribution in [3.63, 3.8) is 0 Å². The Kier molecular flexibility index (Phi) is 8.37. The normalized spacial score (nSPS) is 11.4. The number of nitro groups is 1. The highest BCUT2D eigenvalue weighted by Crippen LogP contribution is 2.40. The second-order valence-corrected chi connectivity index (χ2v) is 9.00. The molecule has 3 aromatic rings. The Hall–Kier alpha value is -3.02. The van der Waals surface area contributed by atoms with Crippen LogP contribution in [0.5, 0.6) is 11.5 Å². The van der Waals surface area contributed by atoms with Crippen molar-refractivity contribution >= 4 is 55.0 Å². The van der Waals surface area contributed by atoms with Crippen molar-refractivity contribution in [1.29, 1.82) is 0 Å². The number of aromatic nitrogens is 1. The second kappa shape index (κ2) is 11.2. The molecule has 9 nitrogen and oxygen atoms in total. The van der Waals surface area contributed by atoms with Gasteiger partial charge in [-0.25, -0.2) is 4.98 Å². The lowest BCUT2D eigenvalue weighted by atomic mass is 10.3. The molecule has 33 heavy (non-hydrogen) atoms. The number of carbonyl (C=O) groups excluding carboxylic acids is 1. The standard InChI is InChI=1S/C22H26N4O5S2/c1-5-24(6-2)13-14-25(18(27)11-7-15-8-12-19(32-15)26(28)29)22-23-20-16(30-3)9-10-17(31-4)21(20)33-22/h7-12H,5-6,13-14H2,1-4H3/b11-7+. The van der Waals surface area contributed by atoms with Gasteiger partial charge in [0, 0.05) is 30.1 Å². The Bertz CT molecular complexity index is 1110. The summed E-state index contributed by atoms with van der Waals surface area (Å²) < 4.78 is 11.7. The van der Waals surface area contributed by atoms with E-state index in [1.165, 1.54) is 23.5 Å². The van der Waals surface area contributed by atoms with Crippen LogP contribution in [0.1, 0.15) is 18.7 Å². The highest BCUT2D eigenvalue weighted by Gasteiger charge is 2.22. The third-order valence-corrected chi connectivity index (χ3v) is 7.21. The molecule has 0 spiro atoms. The van der Waals surface area contributed by atoms with E-state index in [1.807, 2.05) is 6.07 Å². The van der Waals surface area contributed by atoms with Crippen molar-refractivity contribution < 1.29 is 19.2 Å². The summed E-state index contributed by atoms with van der Waals surface area (Å²) >= 11 is 2.38. The van der Waals surface area contributed by atoms with Crippen LogP contribution in [0.25, 0.3) is 16.3 Å². The van der Waals surface area contributed by atoms with Crippen LogP contribution in [0, 0.1) is 10.1 Å². The molecule has 1 amide bonds. The number of carbonyl (C=O) groups is 1. The monoisotopic (exact) mass is 490 g/mol. The maximum absolute atomic E-state index is 13.2. The van der Waals surface area contributed by atoms with Crippen molar-refractivity contribution in [2.45, 2.75) is 13.8 Å². The van der Waals surface area contributed by atoms with Crippen LogP contribution >= 0.6 is 22.7 Å². The predicted molar refractivity (Wildman–Crippen MR) is 133 cm³/mol. The van der Waals surface area contributed by atoms with Gasteiger partial charge in [0.2, 0.25) is 0 Å². The van der Waals surface area contributed by atoms with Gasteiger partial charge in [-0.2, -0.15) is 0 Å². The average molecular weight is 491 g/mol. The first-order valence-electron chi connectivity index (χ1n) is 10.4. The Morgan fingerprint density at radius 3 is 2.39 bits per heavy atom. The summed E-state index contributed by atoms with van der Waals surface area (Å²) in [6.45, 7) is 7.02. The molecule has 0 fully saturated rings. The number of thiazole rings is 1. The van der Waals surface area contributed by atoms with Gasteiger partial charge in [-0.3, -0.25) is 19.8 Å². The van der Waals surface area contributed by atoms with Gasteiger partial charge < -0.3 is 14.4 Å². The zero-order chi connectivity index (χ0) is 24.0. The molecule has 3 rings (SSSR count). The van der Waals surface area contributed by atoms with Crippen LogP contribution in [-0.2, 0) is 4.79 Å². The van der Waals surface area contributed by atoms with Gasteiger partial charge >= 0.3 is 5.00 Å². The molecule has 0 unspecified atom stereocenters. The van der Waals surface area contributed by atoms with Gasteiger partial charge in [-0.1, -0.05) is 36.5 Å². The van der Waals surface area contributed by atoms with Gasteiger partial charge in [-0.15, -0.1) is 0 Å². The zero-order valence-electron chi connectivity index (χ0n) is 18.9. The summed E-state index contributed by atoms with van der Waals surface area (Å²) in [4.78, 5) is 32.9. The number of amides is 1. The number of fused-ring (bicyclic) bond motifs is 1. The van der Waals surface area contributed by atoms with Crippen LogP contribution in [0.4, 0.5) is 10.1 Å². The number of rotatable bonds is 11. The molecular weight excluding hydrogens is 464 g/mol. The van der Waals surface area contributed by atoms with E-state index in [2.05, 4.69) is 18.7 Å². The maximum atomic E-state index is 13.2. The largest absolute Gasteiger partial charge is 0.495 e. The second-order valence-electron chi connectivity index (χ2n) is 6.93. The lowest BCUT2D eigenvalue weighted by Crippen LogP contribution is -2.38. The van der Waals surface area contributed by atoms with Crippen molar-refractivity contribution in [2.24, 2.45) is 0 Å². The van der Waals surface area contributed by atoms with Gasteiger partial charge in [0.1, 0.15) is 21.7 Å². The molecule has 1 aromatic carbocycles. The van der Waals surface area contributed by atoms with E-state index < -0.39 is 4.92 Å². The summed E-state index contributed by atoms with van der Waals surface area (Å²) in [5.41, 5.74) is 0.635. The van der Waals surface area contributed by atoms with Gasteiger partial charge in [0.15, 0.2) is 5.13 Å². The molecule has 176 valence electrons. The fourth-order valence-corrected chi connectivity index (χ4v) is 5.07. The number of hydrogen-bond donors (Lipinski definition) is 0. The van der Waals surface area contributed by atoms with Crippen LogP contribution in [0.15, 0.2) is 30.3 Å². The number of ether oxygens (including phenoxy) is 2. The van der Waals surface area contributed by atoms with Gasteiger partial charge in [0.05, 0.1) is 19.1 Å². The third-order valence-electron chi connectivity index (χ3n) is 5.11. The number of benzene rings is 1. The van der Waals surface area contributed by atoms with Crippen LogP contribution in [-0.4, -0.2) is 61.1 Å². The van der Waals surface area contributed by atoms with Crippen LogP contribution in [0.2, 0.25) is 0 Å². The zero-order valence-corrected chi connectivity index (χ0v) is 20.6. The summed E-state index contributed by atoms with van der Waals surface area (Å²) in [5, 5.41) is 11.5. The first kappa shape index (κ1) is 24.6. The van der Waals surface area contributed by atoms with Crippen molar-refractivity contribution in [3.8, 4) is 11.5 Å². The minimum atomic E-state index is -0.442. The molecule has 0 N–H and O–H groups in total. The smallest absolute Gasteiger partial charge is 0.324 e. The molecule has 0 saturated heterocycles. The SMILES string of the molecule is CCN(CC)CCN(C(=O)/C=C/c1ccc([N+](=O)[O-])s1)c1nc2c(OC)ccc(OC)c2s1. The number of anilines is 1. The van der Waals surface area contributed by atoms with Gasteiger partial charge in [-0.05, 0) is 37.4 Å². The first-order chi connectivity index (χ1) is 15.9. The van der Waals surface area contributed by atoms with Crippen LogP contribution < -0.4 is 14.4 Å². The number of likely N-dealkylation sites (N-methyl/N-ethyl adjacent to an activating group) is 1. The van der Waals surface area contributed by atoms with Crippen molar-refractivity contribution in [3.05, 3.63) is 45.3 Å². The van der Waals surface area contributed by atoms with Gasteiger partial charge in [0.25, 0.3) is 5.91 Å². The van der Waals surface area contributed by atoms with E-state index in [4.69, 9.17) is 14.5 Å². The topological polar surface area (TPSA) is 98.0 Å². The van der Waals surface area contributed by atoms with Crippen molar-refractivity contribution in [2.75, 3.05) is 45.3 Å². The molecular formula is C22H26N4O5S2. The lowest BCUT2D eigenvalue weighted by molar-refractivity contribution is -0.380. The summed E-state index contributed by atoms with van der Waals surface area (Å²) in [6, 6.07) is 6.66. The Morgan fingerprint density at radius 1 is 1.09 bits per heavy atom. The minimum absolute atomic E-state index is 0.0332. The maximum Gasteiger partial charge on any atom is 0.324 e. The molecule has 0 aliphatic rings. The first-order valence-corrected chi connectivity index (χ1v) is 12.0. The number of nitrogens with zero attached hydrogens (tertiary/aromatic N) is 4. The summed E-state index contributed by atoms with van der Waals surface area (Å²) in [6.07, 6.45) is 3.03. The molecule has 0 atom stereocenters. The molecule has 0 radical (unpaired) electrons. The van der Waals surface area contributed by atoms with E-state index in [9.17, 15) is 14.9 Å². The lowest BCUT2D eigenvalue weighted by Gasteiger charge is -2.23. The highest BCUT2D eigenvalue weighted by atomic mass is 32.1. The van der Waals surface area contributed by atoms with E-state index in [-0.39, 0.29) is 10.9 Å². The minimum Gasteiger partial charge on any atom is -0.495 e. The average Bonchev–Trinajstić information content (AvgIpc) is 3.47. The fourth-order valence-electron chi connectivity index (χ4n) is 3.24. The Balaban J connectivity index is 1.95. The molecule has 2 aromatic heterocycles. The molecule has 0 saturated carbocycles. The molecule has 2 heterocycles. The number of methoxy groups -OCH3 is 2. The number of hydrogen-bond acceptors (Lipinski definition) is 9. The number of thiophene rings is 1. The predicted octanol–water partition coefficient (Wildman–Crippen LogP) is 4.67. The quantitative estimate of drug-likeness (QED) is 0.219. The summed E-state index contributed by atoms with van der Waals surface area (Å²) in [5.74, 6) is 1.01. The highest BCUT2D eigenvalue weighted by molar-refractivity contribution is 7.22. The van der Waals surface area contributed by atoms with Crippen molar-refractivity contribution in [1.82, 2.24) is 9.88 Å². The Morgan fingerprint density at radius 2 is 1.79 bits per heavy atom. The van der Waals surface area contributed by atoms with E-state index >= 15 is 0 Å². The molecule has 0 aliphatic heterocycles. The van der Waals surface area contributed by atoms with Crippen LogP contribution in [0.3, 0.4) is 0 Å². The molecule has 0 bridgehead atoms. The summed E-state index contributed by atoms with van der Waals surface area (Å²) in [7, 11) is 3.17. The Labute approximate surface area is 200 Å². The van der Waals surface area contributed by atoms with E-state index in [0.29, 0.717) is 40.1 Å². The van der Waals surface area contributed by atoms with E-state index in [0.717, 1.165) is 29.1 Å². The molecule has 0 aliphatic carbocycles. The fraction of sp³-hybridized carbons (Fsp3) is 0.364. The van der Waals surface area contributed by atoms with E-state index in [1.54, 1.807) is 37.3 Å².